The van der Waals surface area contributed by atoms with Gasteiger partial charge in [0.2, 0.25) is 5.91 Å². The second kappa shape index (κ2) is 6.61. The third-order valence-electron chi connectivity index (χ3n) is 6.14. The van der Waals surface area contributed by atoms with E-state index in [1.165, 1.54) is 18.4 Å². The minimum Gasteiger partial charge on any atom is -0.369 e. The average Bonchev–Trinajstić information content (AvgIpc) is 3.19. The lowest BCUT2D eigenvalue weighted by Gasteiger charge is -2.41. The maximum atomic E-state index is 12.6. The first-order valence-corrected chi connectivity index (χ1v) is 9.94. The van der Waals surface area contributed by atoms with E-state index in [1.54, 1.807) is 4.90 Å². The van der Waals surface area contributed by atoms with E-state index in [0.717, 1.165) is 17.2 Å². The van der Waals surface area contributed by atoms with Crippen LogP contribution in [-0.4, -0.2) is 63.1 Å². The number of likely N-dealkylation sites (tertiary alicyclic amines) is 2. The summed E-state index contributed by atoms with van der Waals surface area (Å²) in [5.74, 6) is 2.21. The first-order chi connectivity index (χ1) is 13.6. The van der Waals surface area contributed by atoms with Gasteiger partial charge in [-0.15, -0.1) is 10.2 Å². The molecule has 0 unspecified atom stereocenters. The van der Waals surface area contributed by atoms with Crippen molar-refractivity contribution in [2.45, 2.75) is 31.1 Å². The second-order valence-electron chi connectivity index (χ2n) is 8.17. The highest BCUT2D eigenvalue weighted by Gasteiger charge is 2.37. The van der Waals surface area contributed by atoms with E-state index < -0.39 is 0 Å². The smallest absolute Gasteiger partial charge is 0.320 e. The average molecular weight is 380 g/mol. The molecule has 2 aliphatic heterocycles. The number of amides is 3. The largest absolute Gasteiger partial charge is 0.369 e. The Morgan fingerprint density at radius 1 is 0.964 bits per heavy atom. The van der Waals surface area contributed by atoms with Gasteiger partial charge in [0.1, 0.15) is 5.82 Å². The van der Waals surface area contributed by atoms with Crippen LogP contribution in [0.4, 0.5) is 4.79 Å². The van der Waals surface area contributed by atoms with Gasteiger partial charge in [-0.1, -0.05) is 24.3 Å². The number of hydrogen-bond donors (Lipinski definition) is 2. The summed E-state index contributed by atoms with van der Waals surface area (Å²) in [5, 5.41) is 8.50. The van der Waals surface area contributed by atoms with Crippen LogP contribution < -0.4 is 5.73 Å². The number of aromatic amines is 1. The minimum absolute atomic E-state index is 0.0193. The minimum atomic E-state index is -0.312. The summed E-state index contributed by atoms with van der Waals surface area (Å²) < 4.78 is 0. The molecule has 1 aromatic heterocycles. The number of rotatable bonds is 4. The number of carbonyl (C=O) groups excluding carboxylic acids is 2. The number of nitrogens with one attached hydrogen (secondary N) is 1. The van der Waals surface area contributed by atoms with Gasteiger partial charge in [0, 0.05) is 43.6 Å². The number of primary amides is 1. The Hall–Kier alpha value is -2.90. The topological polar surface area (TPSA) is 108 Å². The fourth-order valence-electron chi connectivity index (χ4n) is 4.07. The molecule has 3 amide bonds. The van der Waals surface area contributed by atoms with Gasteiger partial charge in [-0.05, 0) is 24.8 Å². The Morgan fingerprint density at radius 2 is 1.71 bits per heavy atom. The van der Waals surface area contributed by atoms with Crippen LogP contribution in [0.25, 0.3) is 11.4 Å². The summed E-state index contributed by atoms with van der Waals surface area (Å²) in [6, 6.07) is 8.37. The lowest BCUT2D eigenvalue weighted by molar-refractivity contribution is -0.121. The molecule has 1 saturated carbocycles. The summed E-state index contributed by atoms with van der Waals surface area (Å²) >= 11 is 0. The Bertz CT molecular complexity index is 898. The molecule has 3 N–H and O–H groups in total. The Balaban J connectivity index is 1.17. The fourth-order valence-corrected chi connectivity index (χ4v) is 4.07. The summed E-state index contributed by atoms with van der Waals surface area (Å²) in [7, 11) is 0. The molecule has 8 nitrogen and oxygen atoms in total. The van der Waals surface area contributed by atoms with Gasteiger partial charge in [0.15, 0.2) is 5.82 Å². The molecule has 2 aromatic rings. The fraction of sp³-hybridized carbons (Fsp3) is 0.500. The monoisotopic (exact) mass is 380 g/mol. The van der Waals surface area contributed by atoms with Gasteiger partial charge in [0.25, 0.3) is 0 Å². The standard InChI is InChI=1S/C20H24N6O2/c21-17(27)15-7-8-25(9-15)20(28)26-10-16(11-26)12-1-3-13(4-2-12)18-22-19(24-23-18)14-5-6-14/h1-4,14-16H,5-11H2,(H2,21,27)(H,22,23,24)/t15-/m0/s1. The van der Waals surface area contributed by atoms with Crippen LogP contribution in [0.15, 0.2) is 24.3 Å². The lowest BCUT2D eigenvalue weighted by Crippen LogP contribution is -2.53. The summed E-state index contributed by atoms with van der Waals surface area (Å²) in [6.07, 6.45) is 3.07. The number of nitrogens with zero attached hydrogens (tertiary/aromatic N) is 4. The van der Waals surface area contributed by atoms with Crippen LogP contribution in [0.3, 0.4) is 0 Å². The van der Waals surface area contributed by atoms with Gasteiger partial charge in [-0.2, -0.15) is 0 Å². The molecule has 28 heavy (non-hydrogen) atoms. The quantitative estimate of drug-likeness (QED) is 0.841. The Kier molecular flexibility index (Phi) is 4.07. The summed E-state index contributed by atoms with van der Waals surface area (Å²) in [6.45, 7) is 2.49. The van der Waals surface area contributed by atoms with E-state index in [-0.39, 0.29) is 17.9 Å². The highest BCUT2D eigenvalue weighted by molar-refractivity contribution is 5.80. The van der Waals surface area contributed by atoms with E-state index in [1.807, 2.05) is 4.90 Å². The van der Waals surface area contributed by atoms with Gasteiger partial charge >= 0.3 is 6.03 Å². The number of benzene rings is 1. The van der Waals surface area contributed by atoms with E-state index in [2.05, 4.69) is 39.4 Å². The van der Waals surface area contributed by atoms with Crippen molar-refractivity contribution in [3.63, 3.8) is 0 Å². The molecule has 0 bridgehead atoms. The Labute approximate surface area is 163 Å². The van der Waals surface area contributed by atoms with Crippen molar-refractivity contribution < 1.29 is 9.59 Å². The summed E-state index contributed by atoms with van der Waals surface area (Å²) in [4.78, 5) is 30.8. The Morgan fingerprint density at radius 3 is 2.36 bits per heavy atom. The number of aromatic nitrogens is 3. The van der Waals surface area contributed by atoms with Gasteiger partial charge in [-0.3, -0.25) is 4.79 Å². The van der Waals surface area contributed by atoms with E-state index in [0.29, 0.717) is 44.4 Å². The maximum Gasteiger partial charge on any atom is 0.320 e. The van der Waals surface area contributed by atoms with E-state index in [9.17, 15) is 9.59 Å². The molecule has 1 aliphatic carbocycles. The van der Waals surface area contributed by atoms with Crippen LogP contribution in [0.1, 0.15) is 42.5 Å². The molecular formula is C20H24N6O2. The normalized spacial score (nSPS) is 22.4. The van der Waals surface area contributed by atoms with Crippen molar-refractivity contribution in [1.82, 2.24) is 25.0 Å². The van der Waals surface area contributed by atoms with Crippen LogP contribution >= 0.6 is 0 Å². The first-order valence-electron chi connectivity index (χ1n) is 9.94. The molecule has 5 rings (SSSR count). The second-order valence-corrected chi connectivity index (χ2v) is 8.17. The molecule has 1 aromatic carbocycles. The predicted molar refractivity (Wildman–Crippen MR) is 102 cm³/mol. The molecule has 0 radical (unpaired) electrons. The molecule has 1 atom stereocenters. The van der Waals surface area contributed by atoms with E-state index >= 15 is 0 Å². The van der Waals surface area contributed by atoms with Crippen LogP contribution in [0, 0.1) is 5.92 Å². The van der Waals surface area contributed by atoms with Gasteiger partial charge in [0.05, 0.1) is 5.92 Å². The highest BCUT2D eigenvalue weighted by Crippen LogP contribution is 2.38. The van der Waals surface area contributed by atoms with E-state index in [4.69, 9.17) is 5.73 Å². The van der Waals surface area contributed by atoms with Crippen LogP contribution in [-0.2, 0) is 4.79 Å². The molecule has 3 fully saturated rings. The zero-order valence-corrected chi connectivity index (χ0v) is 15.7. The van der Waals surface area contributed by atoms with Crippen molar-refractivity contribution in [1.29, 1.82) is 0 Å². The zero-order valence-electron chi connectivity index (χ0n) is 15.7. The van der Waals surface area contributed by atoms with Crippen molar-refractivity contribution in [2.24, 2.45) is 11.7 Å². The molecule has 8 heteroatoms. The SMILES string of the molecule is NC(=O)[C@H]1CCN(C(=O)N2CC(c3ccc(-c4nnc(C5CC5)[nH]4)cc3)C2)C1. The van der Waals surface area contributed by atoms with Crippen LogP contribution in [0.2, 0.25) is 0 Å². The third kappa shape index (κ3) is 3.12. The molecule has 3 aliphatic rings. The first kappa shape index (κ1) is 17.2. The summed E-state index contributed by atoms with van der Waals surface area (Å²) in [5.41, 5.74) is 7.61. The molecule has 146 valence electrons. The number of H-pyrrole nitrogens is 1. The van der Waals surface area contributed by atoms with Crippen molar-refractivity contribution in [3.05, 3.63) is 35.7 Å². The van der Waals surface area contributed by atoms with Crippen molar-refractivity contribution in [3.8, 4) is 11.4 Å². The van der Waals surface area contributed by atoms with Gasteiger partial charge in [-0.25, -0.2) is 4.79 Å². The molecule has 0 spiro atoms. The van der Waals surface area contributed by atoms with Crippen LogP contribution in [0.5, 0.6) is 0 Å². The third-order valence-corrected chi connectivity index (χ3v) is 6.14. The predicted octanol–water partition coefficient (Wildman–Crippen LogP) is 1.68. The highest BCUT2D eigenvalue weighted by atomic mass is 16.2. The van der Waals surface area contributed by atoms with Crippen molar-refractivity contribution >= 4 is 11.9 Å². The zero-order chi connectivity index (χ0) is 19.3. The van der Waals surface area contributed by atoms with Gasteiger partial charge < -0.3 is 20.5 Å². The number of hydrogen-bond acceptors (Lipinski definition) is 4. The van der Waals surface area contributed by atoms with Crippen molar-refractivity contribution in [2.75, 3.05) is 26.2 Å². The number of urea groups is 1. The maximum absolute atomic E-state index is 12.6. The molecule has 3 heterocycles. The number of carbonyl (C=O) groups is 2. The number of nitrogens with two attached hydrogens (primary N) is 1. The molecular weight excluding hydrogens is 356 g/mol. The molecule has 2 saturated heterocycles. The lowest BCUT2D eigenvalue weighted by atomic mass is 9.91.